The van der Waals surface area contributed by atoms with Crippen LogP contribution in [0.4, 0.5) is 13.2 Å². The van der Waals surface area contributed by atoms with Gasteiger partial charge in [0.25, 0.3) is 0 Å². The summed E-state index contributed by atoms with van der Waals surface area (Å²) >= 11 is 0. The van der Waals surface area contributed by atoms with Gasteiger partial charge in [-0.1, -0.05) is 6.92 Å². The average Bonchev–Trinajstić information content (AvgIpc) is 2.26. The Bertz CT molecular complexity index is 373. The SMILES string of the molecule is CCC(=O)C(C)c1ccc(C(F)(F)F)nn1. The van der Waals surface area contributed by atoms with Crippen LogP contribution >= 0.6 is 0 Å². The molecule has 0 aromatic carbocycles. The van der Waals surface area contributed by atoms with E-state index in [1.54, 1.807) is 13.8 Å². The van der Waals surface area contributed by atoms with Gasteiger partial charge in [0.15, 0.2) is 5.69 Å². The number of nitrogens with zero attached hydrogens (tertiary/aromatic N) is 2. The Balaban J connectivity index is 2.91. The molecule has 0 radical (unpaired) electrons. The van der Waals surface area contributed by atoms with Gasteiger partial charge in [0, 0.05) is 6.42 Å². The molecular weight excluding hydrogens is 221 g/mol. The summed E-state index contributed by atoms with van der Waals surface area (Å²) in [6, 6.07) is 2.02. The van der Waals surface area contributed by atoms with Crippen LogP contribution in [0, 0.1) is 0 Å². The van der Waals surface area contributed by atoms with Crippen molar-refractivity contribution in [3.63, 3.8) is 0 Å². The van der Waals surface area contributed by atoms with Crippen molar-refractivity contribution in [3.05, 3.63) is 23.5 Å². The Morgan fingerprint density at radius 3 is 2.38 bits per heavy atom. The first-order valence-electron chi connectivity index (χ1n) is 4.79. The molecule has 1 aromatic heterocycles. The number of halogens is 3. The van der Waals surface area contributed by atoms with E-state index in [-0.39, 0.29) is 11.5 Å². The fourth-order valence-electron chi connectivity index (χ4n) is 1.20. The zero-order valence-electron chi connectivity index (χ0n) is 8.88. The second-order valence-electron chi connectivity index (χ2n) is 3.38. The lowest BCUT2D eigenvalue weighted by atomic mass is 10.0. The minimum Gasteiger partial charge on any atom is -0.299 e. The van der Waals surface area contributed by atoms with Crippen LogP contribution in [-0.2, 0) is 11.0 Å². The lowest BCUT2D eigenvalue weighted by Crippen LogP contribution is -2.13. The molecule has 0 N–H and O–H groups in total. The van der Waals surface area contributed by atoms with Crippen LogP contribution in [0.3, 0.4) is 0 Å². The van der Waals surface area contributed by atoms with E-state index in [0.29, 0.717) is 6.42 Å². The van der Waals surface area contributed by atoms with Crippen molar-refractivity contribution in [2.75, 3.05) is 0 Å². The smallest absolute Gasteiger partial charge is 0.299 e. The molecule has 0 saturated carbocycles. The molecule has 1 rings (SSSR count). The van der Waals surface area contributed by atoms with E-state index < -0.39 is 17.8 Å². The van der Waals surface area contributed by atoms with Gasteiger partial charge in [-0.2, -0.15) is 18.3 Å². The van der Waals surface area contributed by atoms with E-state index in [1.807, 2.05) is 0 Å². The number of hydrogen-bond acceptors (Lipinski definition) is 3. The predicted octanol–water partition coefficient (Wildman–Crippen LogP) is 2.58. The molecular formula is C10H11F3N2O. The lowest BCUT2D eigenvalue weighted by Gasteiger charge is -2.09. The Morgan fingerprint density at radius 1 is 1.38 bits per heavy atom. The van der Waals surface area contributed by atoms with Crippen LogP contribution in [0.25, 0.3) is 0 Å². The third-order valence-electron chi connectivity index (χ3n) is 2.25. The summed E-state index contributed by atoms with van der Waals surface area (Å²) in [6.07, 6.45) is -4.17. The highest BCUT2D eigenvalue weighted by atomic mass is 19.4. The first-order valence-corrected chi connectivity index (χ1v) is 4.79. The molecule has 3 nitrogen and oxygen atoms in total. The van der Waals surface area contributed by atoms with Crippen molar-refractivity contribution >= 4 is 5.78 Å². The number of rotatable bonds is 3. The maximum Gasteiger partial charge on any atom is 0.435 e. The van der Waals surface area contributed by atoms with Gasteiger partial charge in [0.2, 0.25) is 0 Å². The molecule has 0 fully saturated rings. The van der Waals surface area contributed by atoms with E-state index >= 15 is 0 Å². The highest BCUT2D eigenvalue weighted by Crippen LogP contribution is 2.27. The summed E-state index contributed by atoms with van der Waals surface area (Å²) in [5.41, 5.74) is -0.785. The van der Waals surface area contributed by atoms with Gasteiger partial charge in [-0.25, -0.2) is 0 Å². The third-order valence-corrected chi connectivity index (χ3v) is 2.25. The summed E-state index contributed by atoms with van der Waals surface area (Å²) in [7, 11) is 0. The van der Waals surface area contributed by atoms with Crippen molar-refractivity contribution in [1.82, 2.24) is 10.2 Å². The Labute approximate surface area is 90.7 Å². The summed E-state index contributed by atoms with van der Waals surface area (Å²) in [5.74, 6) is -0.589. The summed E-state index contributed by atoms with van der Waals surface area (Å²) in [4.78, 5) is 11.3. The molecule has 88 valence electrons. The number of Topliss-reactive ketones (excluding diaryl/α,β-unsaturated/α-hetero) is 1. The number of hydrogen-bond donors (Lipinski definition) is 0. The fourth-order valence-corrected chi connectivity index (χ4v) is 1.20. The quantitative estimate of drug-likeness (QED) is 0.804. The van der Waals surface area contributed by atoms with Crippen LogP contribution in [0.1, 0.15) is 37.6 Å². The molecule has 6 heteroatoms. The normalized spacial score (nSPS) is 13.6. The molecule has 0 aliphatic heterocycles. The van der Waals surface area contributed by atoms with Crippen LogP contribution < -0.4 is 0 Å². The molecule has 16 heavy (non-hydrogen) atoms. The van der Waals surface area contributed by atoms with Gasteiger partial charge in [-0.3, -0.25) is 4.79 Å². The highest BCUT2D eigenvalue weighted by Gasteiger charge is 2.33. The zero-order valence-corrected chi connectivity index (χ0v) is 8.88. The van der Waals surface area contributed by atoms with Crippen LogP contribution in [0.5, 0.6) is 0 Å². The summed E-state index contributed by atoms with van der Waals surface area (Å²) < 4.78 is 36.5. The molecule has 0 aliphatic rings. The van der Waals surface area contributed by atoms with Crippen molar-refractivity contribution in [1.29, 1.82) is 0 Å². The Kier molecular flexibility index (Phi) is 3.62. The van der Waals surface area contributed by atoms with E-state index in [4.69, 9.17) is 0 Å². The van der Waals surface area contributed by atoms with E-state index in [2.05, 4.69) is 10.2 Å². The standard InChI is InChI=1S/C10H11F3N2O/c1-3-8(16)6(2)7-4-5-9(15-14-7)10(11,12)13/h4-6H,3H2,1-2H3. The molecule has 1 aromatic rings. The van der Waals surface area contributed by atoms with Crippen LogP contribution in [-0.4, -0.2) is 16.0 Å². The topological polar surface area (TPSA) is 42.9 Å². The maximum absolute atomic E-state index is 12.2. The highest BCUT2D eigenvalue weighted by molar-refractivity contribution is 5.84. The first kappa shape index (κ1) is 12.6. The fraction of sp³-hybridized carbons (Fsp3) is 0.500. The minimum absolute atomic E-state index is 0.0749. The number of carbonyl (C=O) groups is 1. The molecule has 1 atom stereocenters. The van der Waals surface area contributed by atoms with Gasteiger partial charge < -0.3 is 0 Å². The molecule has 1 heterocycles. The minimum atomic E-state index is -4.50. The molecule has 0 spiro atoms. The van der Waals surface area contributed by atoms with Crippen molar-refractivity contribution in [2.24, 2.45) is 0 Å². The summed E-state index contributed by atoms with van der Waals surface area (Å²) in [6.45, 7) is 3.29. The molecule has 0 saturated heterocycles. The van der Waals surface area contributed by atoms with Gasteiger partial charge in [0.1, 0.15) is 5.78 Å². The van der Waals surface area contributed by atoms with E-state index in [0.717, 1.165) is 6.07 Å². The second kappa shape index (κ2) is 4.59. The van der Waals surface area contributed by atoms with E-state index in [1.165, 1.54) is 6.07 Å². The Hall–Kier alpha value is -1.46. The monoisotopic (exact) mass is 232 g/mol. The summed E-state index contributed by atoms with van der Waals surface area (Å²) in [5, 5.41) is 6.48. The van der Waals surface area contributed by atoms with Gasteiger partial charge in [-0.05, 0) is 19.1 Å². The first-order chi connectivity index (χ1) is 7.36. The lowest BCUT2D eigenvalue weighted by molar-refractivity contribution is -0.141. The number of aromatic nitrogens is 2. The second-order valence-corrected chi connectivity index (χ2v) is 3.38. The molecule has 1 unspecified atom stereocenters. The van der Waals surface area contributed by atoms with Crippen molar-refractivity contribution < 1.29 is 18.0 Å². The van der Waals surface area contributed by atoms with Crippen molar-refractivity contribution in [2.45, 2.75) is 32.4 Å². The van der Waals surface area contributed by atoms with Gasteiger partial charge in [0.05, 0.1) is 11.6 Å². The van der Waals surface area contributed by atoms with Gasteiger partial charge >= 0.3 is 6.18 Å². The number of alkyl halides is 3. The molecule has 0 amide bonds. The third kappa shape index (κ3) is 2.77. The zero-order chi connectivity index (χ0) is 12.3. The number of ketones is 1. The van der Waals surface area contributed by atoms with E-state index in [9.17, 15) is 18.0 Å². The van der Waals surface area contributed by atoms with Crippen LogP contribution in [0.2, 0.25) is 0 Å². The van der Waals surface area contributed by atoms with Gasteiger partial charge in [-0.15, -0.1) is 5.10 Å². The average molecular weight is 232 g/mol. The molecule has 0 aliphatic carbocycles. The molecule has 0 bridgehead atoms. The Morgan fingerprint density at radius 2 is 2.00 bits per heavy atom. The number of carbonyl (C=O) groups excluding carboxylic acids is 1. The largest absolute Gasteiger partial charge is 0.435 e. The van der Waals surface area contributed by atoms with Crippen LogP contribution in [0.15, 0.2) is 12.1 Å². The van der Waals surface area contributed by atoms with Crippen molar-refractivity contribution in [3.8, 4) is 0 Å². The maximum atomic E-state index is 12.2. The predicted molar refractivity (Wildman–Crippen MR) is 50.7 cm³/mol.